The summed E-state index contributed by atoms with van der Waals surface area (Å²) in [5, 5.41) is 18.1. The van der Waals surface area contributed by atoms with Crippen LogP contribution in [0.3, 0.4) is 0 Å². The summed E-state index contributed by atoms with van der Waals surface area (Å²) in [5.41, 5.74) is 1.13. The molecule has 80 valence electrons. The highest BCUT2D eigenvalue weighted by molar-refractivity contribution is 6.62. The van der Waals surface area contributed by atoms with Crippen LogP contribution in [0.4, 0.5) is 0 Å². The summed E-state index contributed by atoms with van der Waals surface area (Å²) in [5.74, 6) is 0. The lowest BCUT2D eigenvalue weighted by Crippen LogP contribution is -2.30. The maximum atomic E-state index is 9.89. The average Bonchev–Trinajstić information content (AvgIpc) is 2.17. The molecular formula is C9H10BClO4. The fraction of sp³-hybridized carbons (Fsp3) is 0.222. The summed E-state index contributed by atoms with van der Waals surface area (Å²) < 4.78 is 4.53. The van der Waals surface area contributed by atoms with Gasteiger partial charge >= 0.3 is 7.12 Å². The minimum Gasteiger partial charge on any atom is -0.468 e. The van der Waals surface area contributed by atoms with Crippen LogP contribution in [0.2, 0.25) is 5.02 Å². The molecule has 0 aliphatic heterocycles. The highest BCUT2D eigenvalue weighted by Crippen LogP contribution is 2.10. The van der Waals surface area contributed by atoms with Gasteiger partial charge in [0.05, 0.1) is 6.61 Å². The number of carbonyl (C=O) groups is 1. The lowest BCUT2D eigenvalue weighted by molar-refractivity contribution is -0.128. The molecule has 0 aliphatic carbocycles. The third-order valence-electron chi connectivity index (χ3n) is 1.92. The second-order valence-corrected chi connectivity index (χ2v) is 3.35. The topological polar surface area (TPSA) is 66.8 Å². The van der Waals surface area contributed by atoms with Gasteiger partial charge in [0, 0.05) is 16.9 Å². The van der Waals surface area contributed by atoms with E-state index in [1.807, 2.05) is 0 Å². The van der Waals surface area contributed by atoms with Crippen LogP contribution in [0.15, 0.2) is 18.2 Å². The second kappa shape index (κ2) is 5.75. The van der Waals surface area contributed by atoms with Crippen molar-refractivity contribution in [1.82, 2.24) is 0 Å². The molecule has 1 rings (SSSR count). The van der Waals surface area contributed by atoms with E-state index in [4.69, 9.17) is 21.6 Å². The van der Waals surface area contributed by atoms with Crippen LogP contribution >= 0.6 is 11.6 Å². The number of carbonyl (C=O) groups excluding carboxylic acids is 1. The van der Waals surface area contributed by atoms with Gasteiger partial charge in [-0.15, -0.1) is 0 Å². The van der Waals surface area contributed by atoms with E-state index in [0.29, 0.717) is 12.9 Å². The fourth-order valence-corrected chi connectivity index (χ4v) is 1.46. The largest absolute Gasteiger partial charge is 0.489 e. The monoisotopic (exact) mass is 228 g/mol. The van der Waals surface area contributed by atoms with E-state index in [0.717, 1.165) is 5.56 Å². The van der Waals surface area contributed by atoms with Gasteiger partial charge in [-0.05, 0) is 11.6 Å². The molecule has 1 aromatic rings. The maximum absolute atomic E-state index is 9.89. The van der Waals surface area contributed by atoms with Crippen LogP contribution in [0.1, 0.15) is 5.56 Å². The molecule has 0 aromatic heterocycles. The number of halogens is 1. The van der Waals surface area contributed by atoms with Crippen LogP contribution in [0.25, 0.3) is 0 Å². The molecule has 0 radical (unpaired) electrons. The molecule has 0 saturated heterocycles. The molecule has 0 fully saturated rings. The van der Waals surface area contributed by atoms with Gasteiger partial charge in [0.2, 0.25) is 0 Å². The minimum atomic E-state index is -1.57. The first-order chi connectivity index (χ1) is 7.15. The Morgan fingerprint density at radius 3 is 2.73 bits per heavy atom. The molecule has 1 aromatic carbocycles. The summed E-state index contributed by atoms with van der Waals surface area (Å²) >= 11 is 5.81. The van der Waals surface area contributed by atoms with E-state index in [2.05, 4.69) is 4.74 Å². The summed E-state index contributed by atoms with van der Waals surface area (Å²) in [7, 11) is -1.57. The van der Waals surface area contributed by atoms with Crippen molar-refractivity contribution in [2.45, 2.75) is 6.42 Å². The molecule has 4 nitrogen and oxygen atoms in total. The second-order valence-electron chi connectivity index (χ2n) is 2.95. The Kier molecular flexibility index (Phi) is 4.61. The van der Waals surface area contributed by atoms with Crippen LogP contribution in [0.5, 0.6) is 0 Å². The molecule has 15 heavy (non-hydrogen) atoms. The van der Waals surface area contributed by atoms with Crippen LogP contribution < -0.4 is 5.46 Å². The molecule has 0 heterocycles. The Balaban J connectivity index is 2.69. The van der Waals surface area contributed by atoms with E-state index in [-0.39, 0.29) is 17.1 Å². The van der Waals surface area contributed by atoms with Crippen molar-refractivity contribution in [2.24, 2.45) is 0 Å². The fourth-order valence-electron chi connectivity index (χ4n) is 1.16. The molecule has 0 bridgehead atoms. The van der Waals surface area contributed by atoms with Gasteiger partial charge in [-0.2, -0.15) is 0 Å². The Labute approximate surface area is 92.6 Å². The highest BCUT2D eigenvalue weighted by atomic mass is 35.5. The predicted molar refractivity (Wildman–Crippen MR) is 57.0 cm³/mol. The van der Waals surface area contributed by atoms with E-state index >= 15 is 0 Å². The maximum Gasteiger partial charge on any atom is 0.489 e. The summed E-state index contributed by atoms with van der Waals surface area (Å²) in [6, 6.07) is 4.85. The smallest absolute Gasteiger partial charge is 0.468 e. The van der Waals surface area contributed by atoms with Crippen molar-refractivity contribution in [2.75, 3.05) is 6.61 Å². The molecule has 0 saturated carbocycles. The third-order valence-corrected chi connectivity index (χ3v) is 2.25. The molecule has 0 amide bonds. The lowest BCUT2D eigenvalue weighted by Gasteiger charge is -2.05. The number of benzene rings is 1. The quantitative estimate of drug-likeness (QED) is 0.414. The molecule has 0 unspecified atom stereocenters. The average molecular weight is 228 g/mol. The molecule has 6 heteroatoms. The van der Waals surface area contributed by atoms with Crippen molar-refractivity contribution < 1.29 is 19.6 Å². The van der Waals surface area contributed by atoms with Gasteiger partial charge < -0.3 is 14.8 Å². The Morgan fingerprint density at radius 1 is 1.47 bits per heavy atom. The van der Waals surface area contributed by atoms with E-state index in [9.17, 15) is 4.79 Å². The summed E-state index contributed by atoms with van der Waals surface area (Å²) in [6.07, 6.45) is 0.542. The first-order valence-electron chi connectivity index (χ1n) is 4.35. The van der Waals surface area contributed by atoms with Crippen molar-refractivity contribution in [3.05, 3.63) is 28.8 Å². The molecule has 0 atom stereocenters. The van der Waals surface area contributed by atoms with Gasteiger partial charge in [-0.25, -0.2) is 0 Å². The van der Waals surface area contributed by atoms with Gasteiger partial charge in [0.15, 0.2) is 0 Å². The molecule has 0 aliphatic rings. The summed E-state index contributed by atoms with van der Waals surface area (Å²) in [6.45, 7) is 0.661. The van der Waals surface area contributed by atoms with E-state index < -0.39 is 7.12 Å². The van der Waals surface area contributed by atoms with Crippen molar-refractivity contribution in [3.63, 3.8) is 0 Å². The van der Waals surface area contributed by atoms with Crippen molar-refractivity contribution in [1.29, 1.82) is 0 Å². The number of rotatable bonds is 5. The van der Waals surface area contributed by atoms with Crippen molar-refractivity contribution in [3.8, 4) is 0 Å². The lowest BCUT2D eigenvalue weighted by atomic mass is 9.80. The van der Waals surface area contributed by atoms with Gasteiger partial charge in [-0.3, -0.25) is 4.79 Å². The molecular weight excluding hydrogens is 218 g/mol. The zero-order valence-corrected chi connectivity index (χ0v) is 8.65. The Hall–Kier alpha value is -1.04. The third kappa shape index (κ3) is 3.55. The Morgan fingerprint density at radius 2 is 2.20 bits per heavy atom. The Bertz CT molecular complexity index is 343. The zero-order chi connectivity index (χ0) is 11.3. The normalized spacial score (nSPS) is 9.80. The van der Waals surface area contributed by atoms with Crippen LogP contribution in [0, 0.1) is 0 Å². The van der Waals surface area contributed by atoms with Crippen molar-refractivity contribution >= 4 is 30.7 Å². The first kappa shape index (κ1) is 12.0. The number of hydrogen-bond acceptors (Lipinski definition) is 4. The van der Waals surface area contributed by atoms with Crippen LogP contribution in [-0.2, 0) is 16.0 Å². The number of ether oxygens (including phenoxy) is 1. The zero-order valence-electron chi connectivity index (χ0n) is 7.89. The van der Waals surface area contributed by atoms with Gasteiger partial charge in [-0.1, -0.05) is 23.7 Å². The van der Waals surface area contributed by atoms with Gasteiger partial charge in [0.1, 0.15) is 0 Å². The van der Waals surface area contributed by atoms with E-state index in [1.165, 1.54) is 6.07 Å². The SMILES string of the molecule is O=COCCc1ccc(B(O)O)c(Cl)c1. The van der Waals surface area contributed by atoms with E-state index in [1.54, 1.807) is 12.1 Å². The molecule has 2 N–H and O–H groups in total. The highest BCUT2D eigenvalue weighted by Gasteiger charge is 2.14. The first-order valence-corrected chi connectivity index (χ1v) is 4.72. The number of hydrogen-bond donors (Lipinski definition) is 2. The minimum absolute atomic E-state index is 0.261. The summed E-state index contributed by atoms with van der Waals surface area (Å²) in [4.78, 5) is 9.89. The standard InChI is InChI=1S/C9H10BClO4/c11-9-5-7(3-4-15-6-12)1-2-8(9)10(13)14/h1-2,5-6,13-14H,3-4H2. The van der Waals surface area contributed by atoms with Crippen LogP contribution in [-0.4, -0.2) is 30.2 Å². The van der Waals surface area contributed by atoms with Gasteiger partial charge in [0.25, 0.3) is 6.47 Å². The molecule has 0 spiro atoms. The predicted octanol–water partition coefficient (Wildman–Crippen LogP) is -0.265.